The molecule has 3 aromatic rings. The summed E-state index contributed by atoms with van der Waals surface area (Å²) < 4.78 is 18.9. The van der Waals surface area contributed by atoms with E-state index < -0.39 is 40.3 Å². The lowest BCUT2D eigenvalue weighted by Crippen LogP contribution is -2.24. The van der Waals surface area contributed by atoms with Gasteiger partial charge in [-0.2, -0.15) is 0 Å². The second kappa shape index (κ2) is 7.47. The van der Waals surface area contributed by atoms with Gasteiger partial charge in [0.05, 0.1) is 7.11 Å². The van der Waals surface area contributed by atoms with Crippen molar-refractivity contribution in [2.75, 3.05) is 12.8 Å². The second-order valence-corrected chi connectivity index (χ2v) is 6.03. The second-order valence-electron chi connectivity index (χ2n) is 6.03. The molecule has 8 nitrogen and oxygen atoms in total. The minimum Gasteiger partial charge on any atom is -0.496 e. The molecule has 0 bridgehead atoms. The number of aromatic amines is 1. The number of nitrogen functional groups attached to an aromatic ring is 1. The van der Waals surface area contributed by atoms with Crippen LogP contribution < -0.4 is 16.0 Å². The smallest absolute Gasteiger partial charge is 0.342 e. The number of aromatic carboxylic acids is 2. The molecule has 0 aliphatic rings. The molecule has 0 spiro atoms. The Morgan fingerprint density at radius 1 is 1.00 bits per heavy atom. The van der Waals surface area contributed by atoms with Crippen molar-refractivity contribution in [3.8, 4) is 28.0 Å². The van der Waals surface area contributed by atoms with Gasteiger partial charge in [-0.1, -0.05) is 24.3 Å². The maximum absolute atomic E-state index is 13.6. The van der Waals surface area contributed by atoms with Gasteiger partial charge in [0.25, 0.3) is 5.56 Å². The summed E-state index contributed by atoms with van der Waals surface area (Å²) in [4.78, 5) is 37.4. The molecule has 0 atom stereocenters. The minimum atomic E-state index is -1.60. The summed E-state index contributed by atoms with van der Waals surface area (Å²) in [5.41, 5.74) is 4.14. The number of ether oxygens (including phenoxy) is 1. The zero-order valence-electron chi connectivity index (χ0n) is 15.0. The van der Waals surface area contributed by atoms with Crippen molar-refractivity contribution in [3.05, 3.63) is 69.8 Å². The molecule has 5 N–H and O–H groups in total. The van der Waals surface area contributed by atoms with Crippen molar-refractivity contribution >= 4 is 17.8 Å². The number of halogens is 1. The molecule has 0 aliphatic carbocycles. The van der Waals surface area contributed by atoms with Gasteiger partial charge in [-0.3, -0.25) is 4.79 Å². The van der Waals surface area contributed by atoms with Gasteiger partial charge in [-0.05, 0) is 29.3 Å². The number of carbonyl (C=O) groups is 2. The molecule has 0 saturated carbocycles. The summed E-state index contributed by atoms with van der Waals surface area (Å²) in [6, 6.07) is 9.88. The summed E-state index contributed by atoms with van der Waals surface area (Å²) in [6.07, 6.45) is 0. The normalized spacial score (nSPS) is 10.6. The minimum absolute atomic E-state index is 0.150. The maximum atomic E-state index is 13.6. The van der Waals surface area contributed by atoms with E-state index >= 15 is 0 Å². The number of hydrogen-bond acceptors (Lipinski definition) is 5. The summed E-state index contributed by atoms with van der Waals surface area (Å²) in [5, 5.41) is 18.9. The third-order valence-electron chi connectivity index (χ3n) is 4.32. The molecule has 1 heterocycles. The van der Waals surface area contributed by atoms with E-state index in [1.807, 2.05) is 4.98 Å². The van der Waals surface area contributed by atoms with Crippen LogP contribution in [-0.2, 0) is 0 Å². The summed E-state index contributed by atoms with van der Waals surface area (Å²) in [5.74, 6) is -3.62. The number of methoxy groups -OCH3 is 1. The highest BCUT2D eigenvalue weighted by atomic mass is 19.1. The fraction of sp³-hybridized carbons (Fsp3) is 0.0500. The van der Waals surface area contributed by atoms with E-state index in [9.17, 15) is 29.0 Å². The highest BCUT2D eigenvalue weighted by Crippen LogP contribution is 2.34. The fourth-order valence-electron chi connectivity index (χ4n) is 3.06. The number of carboxylic acid groups (broad SMARTS) is 2. The monoisotopic (exact) mass is 398 g/mol. The number of nitrogens with one attached hydrogen (secondary N) is 1. The molecule has 148 valence electrons. The number of aromatic nitrogens is 1. The Kier molecular flexibility index (Phi) is 5.05. The molecule has 9 heteroatoms. The van der Waals surface area contributed by atoms with E-state index in [2.05, 4.69) is 0 Å². The predicted molar refractivity (Wildman–Crippen MR) is 103 cm³/mol. The largest absolute Gasteiger partial charge is 0.496 e. The van der Waals surface area contributed by atoms with Crippen molar-refractivity contribution < 1.29 is 28.9 Å². The number of nitrogens with two attached hydrogens (primary N) is 1. The van der Waals surface area contributed by atoms with Gasteiger partial charge in [0.15, 0.2) is 0 Å². The first-order valence-corrected chi connectivity index (χ1v) is 8.21. The first kappa shape index (κ1) is 19.6. The Labute approximate surface area is 163 Å². The molecule has 0 fully saturated rings. The first-order valence-electron chi connectivity index (χ1n) is 8.21. The number of anilines is 1. The van der Waals surface area contributed by atoms with Crippen LogP contribution in [0.4, 0.5) is 10.2 Å². The number of rotatable bonds is 5. The van der Waals surface area contributed by atoms with Gasteiger partial charge >= 0.3 is 11.9 Å². The standard InChI is InChI=1S/C20H15FN2O6/c1-29-13-7-6-11(21)8-12(13)9-2-4-10(5-3-9)14-15(19(25)26)17(22)23-18(24)16(14)20(27)28/h2-8H,1H3,(H,25,26)(H,27,28)(H3,22,23,24). The SMILES string of the molecule is COc1ccc(F)cc1-c1ccc(-c2c(C(=O)O)c(N)[nH]c(=O)c2C(=O)O)cc1. The van der Waals surface area contributed by atoms with Gasteiger partial charge in [-0.15, -0.1) is 0 Å². The Morgan fingerprint density at radius 3 is 2.14 bits per heavy atom. The lowest BCUT2D eigenvalue weighted by molar-refractivity contribution is 0.0695. The van der Waals surface area contributed by atoms with Gasteiger partial charge < -0.3 is 25.7 Å². The molecule has 0 aliphatic heterocycles. The van der Waals surface area contributed by atoms with Crippen molar-refractivity contribution in [3.63, 3.8) is 0 Å². The van der Waals surface area contributed by atoms with Crippen LogP contribution in [0.5, 0.6) is 5.75 Å². The molecule has 2 aromatic carbocycles. The van der Waals surface area contributed by atoms with Crippen molar-refractivity contribution in [2.45, 2.75) is 0 Å². The van der Waals surface area contributed by atoms with E-state index in [0.717, 1.165) is 0 Å². The van der Waals surface area contributed by atoms with E-state index in [4.69, 9.17) is 10.5 Å². The van der Waals surface area contributed by atoms with Crippen molar-refractivity contribution in [1.82, 2.24) is 4.98 Å². The van der Waals surface area contributed by atoms with E-state index in [1.165, 1.54) is 49.6 Å². The zero-order chi connectivity index (χ0) is 21.3. The molecule has 29 heavy (non-hydrogen) atoms. The van der Waals surface area contributed by atoms with Crippen molar-refractivity contribution in [1.29, 1.82) is 0 Å². The van der Waals surface area contributed by atoms with Gasteiger partial charge in [0.2, 0.25) is 0 Å². The van der Waals surface area contributed by atoms with Crippen LogP contribution >= 0.6 is 0 Å². The lowest BCUT2D eigenvalue weighted by atomic mass is 9.93. The predicted octanol–water partition coefficient (Wildman–Crippen LogP) is 2.84. The van der Waals surface area contributed by atoms with E-state index in [0.29, 0.717) is 16.9 Å². The highest BCUT2D eigenvalue weighted by Gasteiger charge is 2.26. The van der Waals surface area contributed by atoms with Crippen LogP contribution in [-0.4, -0.2) is 34.2 Å². The van der Waals surface area contributed by atoms with Crippen LogP contribution in [0, 0.1) is 5.82 Å². The number of hydrogen-bond donors (Lipinski definition) is 4. The summed E-state index contributed by atoms with van der Waals surface area (Å²) in [7, 11) is 1.43. The number of H-pyrrole nitrogens is 1. The Morgan fingerprint density at radius 2 is 1.59 bits per heavy atom. The third-order valence-corrected chi connectivity index (χ3v) is 4.32. The lowest BCUT2D eigenvalue weighted by Gasteiger charge is -2.13. The quantitative estimate of drug-likeness (QED) is 0.517. The topological polar surface area (TPSA) is 143 Å². The van der Waals surface area contributed by atoms with Crippen LogP contribution in [0.15, 0.2) is 47.3 Å². The van der Waals surface area contributed by atoms with Gasteiger partial charge in [0, 0.05) is 11.1 Å². The Balaban J connectivity index is 2.24. The summed E-state index contributed by atoms with van der Waals surface area (Å²) in [6.45, 7) is 0. The number of benzene rings is 2. The van der Waals surface area contributed by atoms with Crippen LogP contribution in [0.1, 0.15) is 20.7 Å². The Hall–Kier alpha value is -4.14. The highest BCUT2D eigenvalue weighted by molar-refractivity contribution is 6.07. The molecule has 0 saturated heterocycles. The van der Waals surface area contributed by atoms with Crippen LogP contribution in [0.3, 0.4) is 0 Å². The Bertz CT molecular complexity index is 1180. The molecular formula is C20H15FN2O6. The molecule has 3 rings (SSSR count). The van der Waals surface area contributed by atoms with Crippen LogP contribution in [0.25, 0.3) is 22.3 Å². The third kappa shape index (κ3) is 3.53. The molecule has 0 radical (unpaired) electrons. The zero-order valence-corrected chi connectivity index (χ0v) is 15.0. The molecule has 0 amide bonds. The molecule has 0 unspecified atom stereocenters. The molecular weight excluding hydrogens is 383 g/mol. The van der Waals surface area contributed by atoms with Gasteiger partial charge in [0.1, 0.15) is 28.5 Å². The number of pyridine rings is 1. The molecule has 1 aromatic heterocycles. The van der Waals surface area contributed by atoms with Crippen LogP contribution in [0.2, 0.25) is 0 Å². The summed E-state index contributed by atoms with van der Waals surface area (Å²) >= 11 is 0. The maximum Gasteiger partial charge on any atom is 0.342 e. The van der Waals surface area contributed by atoms with E-state index in [1.54, 1.807) is 0 Å². The number of carboxylic acids is 2. The fourth-order valence-corrected chi connectivity index (χ4v) is 3.06. The average Bonchev–Trinajstić information content (AvgIpc) is 2.66. The first-order chi connectivity index (χ1) is 13.7. The average molecular weight is 398 g/mol. The van der Waals surface area contributed by atoms with Crippen molar-refractivity contribution in [2.24, 2.45) is 0 Å². The van der Waals surface area contributed by atoms with E-state index in [-0.39, 0.29) is 11.1 Å². The van der Waals surface area contributed by atoms with Gasteiger partial charge in [-0.25, -0.2) is 14.0 Å².